The topological polar surface area (TPSA) is 12.0 Å². The summed E-state index contributed by atoms with van der Waals surface area (Å²) in [5.74, 6) is -1.21. The van der Waals surface area contributed by atoms with Gasteiger partial charge in [0.25, 0.3) is 0 Å². The summed E-state index contributed by atoms with van der Waals surface area (Å²) in [5.41, 5.74) is 1.18. The Morgan fingerprint density at radius 1 is 1.05 bits per heavy atom. The molecule has 0 aliphatic rings. The maximum Gasteiger partial charge on any atom is 0.126 e. The van der Waals surface area contributed by atoms with Gasteiger partial charge in [0.05, 0.1) is 0 Å². The van der Waals surface area contributed by atoms with E-state index in [9.17, 15) is 13.2 Å². The maximum atomic E-state index is 13.8. The van der Waals surface area contributed by atoms with Gasteiger partial charge in [0.2, 0.25) is 0 Å². The summed E-state index contributed by atoms with van der Waals surface area (Å²) >= 11 is 2.05. The second-order valence-electron chi connectivity index (χ2n) is 4.72. The Kier molecular flexibility index (Phi) is 5.64. The zero-order valence-corrected chi connectivity index (χ0v) is 13.6. The number of hydrogen-bond donors (Lipinski definition) is 1. The largest absolute Gasteiger partial charge is 0.310 e. The average molecular weight is 405 g/mol. The van der Waals surface area contributed by atoms with Gasteiger partial charge in [0, 0.05) is 9.61 Å². The second-order valence-corrected chi connectivity index (χ2v) is 5.88. The van der Waals surface area contributed by atoms with Crippen molar-refractivity contribution < 1.29 is 13.2 Å². The van der Waals surface area contributed by atoms with Gasteiger partial charge < -0.3 is 5.32 Å². The van der Waals surface area contributed by atoms with Crippen LogP contribution in [0.5, 0.6) is 0 Å². The first-order valence-electron chi connectivity index (χ1n) is 6.63. The minimum absolute atomic E-state index is 0.196. The molecule has 112 valence electrons. The van der Waals surface area contributed by atoms with E-state index < -0.39 is 11.6 Å². The number of nitrogens with one attached hydrogen (secondary N) is 1. The van der Waals surface area contributed by atoms with E-state index in [1.54, 1.807) is 6.07 Å². The lowest BCUT2D eigenvalue weighted by Gasteiger charge is -2.20. The lowest BCUT2D eigenvalue weighted by molar-refractivity contribution is 0.519. The first-order valence-corrected chi connectivity index (χ1v) is 7.71. The Morgan fingerprint density at radius 3 is 2.38 bits per heavy atom. The highest BCUT2D eigenvalue weighted by Crippen LogP contribution is 2.25. The molecule has 0 aromatic heterocycles. The monoisotopic (exact) mass is 405 g/mol. The molecule has 0 spiro atoms. The predicted molar refractivity (Wildman–Crippen MR) is 85.6 cm³/mol. The van der Waals surface area contributed by atoms with Crippen molar-refractivity contribution >= 4 is 22.6 Å². The highest BCUT2D eigenvalue weighted by atomic mass is 127. The molecule has 0 radical (unpaired) electrons. The van der Waals surface area contributed by atoms with Gasteiger partial charge in [0.15, 0.2) is 0 Å². The molecule has 2 rings (SSSR count). The minimum atomic E-state index is -0.463. The Balaban J connectivity index is 2.32. The molecule has 2 aromatic rings. The van der Waals surface area contributed by atoms with Crippen molar-refractivity contribution in [3.8, 4) is 0 Å². The molecule has 1 atom stereocenters. The van der Waals surface area contributed by atoms with Gasteiger partial charge in [-0.25, -0.2) is 13.2 Å². The first kappa shape index (κ1) is 16.3. The molecule has 21 heavy (non-hydrogen) atoms. The van der Waals surface area contributed by atoms with Crippen LogP contribution in [0.15, 0.2) is 36.4 Å². The lowest BCUT2D eigenvalue weighted by atomic mass is 9.98. The van der Waals surface area contributed by atoms with Crippen LogP contribution in [-0.4, -0.2) is 6.54 Å². The first-order chi connectivity index (χ1) is 10.0. The van der Waals surface area contributed by atoms with E-state index in [1.165, 1.54) is 18.2 Å². The number of likely N-dealkylation sites (N-methyl/N-ethyl adjacent to an activating group) is 1. The molecular formula is C16H15F3IN. The van der Waals surface area contributed by atoms with Crippen molar-refractivity contribution in [1.29, 1.82) is 0 Å². The summed E-state index contributed by atoms with van der Waals surface area (Å²) < 4.78 is 41.0. The van der Waals surface area contributed by atoms with Crippen LogP contribution in [-0.2, 0) is 6.42 Å². The minimum Gasteiger partial charge on any atom is -0.310 e. The fourth-order valence-corrected chi connectivity index (χ4v) is 3.10. The molecule has 0 aliphatic heterocycles. The molecule has 1 unspecified atom stereocenters. The van der Waals surface area contributed by atoms with Crippen LogP contribution >= 0.6 is 22.6 Å². The highest BCUT2D eigenvalue weighted by molar-refractivity contribution is 14.1. The molecule has 1 N–H and O–H groups in total. The quantitative estimate of drug-likeness (QED) is 0.718. The van der Waals surface area contributed by atoms with Crippen molar-refractivity contribution in [2.24, 2.45) is 0 Å². The Bertz CT molecular complexity index is 631. The van der Waals surface area contributed by atoms with Crippen LogP contribution in [0, 0.1) is 21.0 Å². The smallest absolute Gasteiger partial charge is 0.126 e. The summed E-state index contributed by atoms with van der Waals surface area (Å²) in [6.07, 6.45) is 0.305. The number of rotatable bonds is 5. The molecule has 0 aliphatic carbocycles. The Labute approximate surface area is 135 Å². The second kappa shape index (κ2) is 7.26. The van der Waals surface area contributed by atoms with Gasteiger partial charge in [-0.05, 0) is 77.0 Å². The molecule has 5 heteroatoms. The normalized spacial score (nSPS) is 12.4. The SMILES string of the molecule is CCNC(Cc1cc(F)ccc1F)c1ccc(F)cc1I. The van der Waals surface area contributed by atoms with E-state index in [0.29, 0.717) is 18.5 Å². The summed E-state index contributed by atoms with van der Waals surface area (Å²) in [6.45, 7) is 2.61. The van der Waals surface area contributed by atoms with Gasteiger partial charge in [-0.3, -0.25) is 0 Å². The van der Waals surface area contributed by atoms with Crippen molar-refractivity contribution in [2.45, 2.75) is 19.4 Å². The summed E-state index contributed by atoms with van der Waals surface area (Å²) in [6, 6.07) is 7.73. The molecule has 0 heterocycles. The summed E-state index contributed by atoms with van der Waals surface area (Å²) in [4.78, 5) is 0. The van der Waals surface area contributed by atoms with E-state index in [4.69, 9.17) is 0 Å². The van der Waals surface area contributed by atoms with E-state index >= 15 is 0 Å². The average Bonchev–Trinajstić information content (AvgIpc) is 2.42. The van der Waals surface area contributed by atoms with Gasteiger partial charge in [-0.1, -0.05) is 13.0 Å². The van der Waals surface area contributed by atoms with Gasteiger partial charge in [0.1, 0.15) is 17.5 Å². The zero-order valence-electron chi connectivity index (χ0n) is 11.5. The van der Waals surface area contributed by atoms with Gasteiger partial charge in [-0.15, -0.1) is 0 Å². The van der Waals surface area contributed by atoms with Crippen LogP contribution in [0.1, 0.15) is 24.1 Å². The third-order valence-electron chi connectivity index (χ3n) is 3.22. The number of hydrogen-bond acceptors (Lipinski definition) is 1. The number of halogens is 4. The van der Waals surface area contributed by atoms with Crippen molar-refractivity contribution in [2.75, 3.05) is 6.54 Å². The highest BCUT2D eigenvalue weighted by Gasteiger charge is 2.17. The molecule has 0 fully saturated rings. The molecule has 2 aromatic carbocycles. The molecule has 1 nitrogen and oxygen atoms in total. The molecule has 0 saturated carbocycles. The summed E-state index contributed by atoms with van der Waals surface area (Å²) in [5, 5.41) is 3.24. The van der Waals surface area contributed by atoms with E-state index in [-0.39, 0.29) is 11.9 Å². The Morgan fingerprint density at radius 2 is 1.71 bits per heavy atom. The van der Waals surface area contributed by atoms with Gasteiger partial charge >= 0.3 is 0 Å². The predicted octanol–water partition coefficient (Wildman–Crippen LogP) is 4.60. The van der Waals surface area contributed by atoms with Crippen molar-refractivity contribution in [1.82, 2.24) is 5.32 Å². The van der Waals surface area contributed by atoms with Gasteiger partial charge in [-0.2, -0.15) is 0 Å². The molecule has 0 amide bonds. The maximum absolute atomic E-state index is 13.8. The van der Waals surface area contributed by atoms with Crippen LogP contribution in [0.2, 0.25) is 0 Å². The zero-order chi connectivity index (χ0) is 15.4. The molecular weight excluding hydrogens is 390 g/mol. The van der Waals surface area contributed by atoms with Crippen LogP contribution < -0.4 is 5.32 Å². The fourth-order valence-electron chi connectivity index (χ4n) is 2.24. The van der Waals surface area contributed by atoms with Crippen LogP contribution in [0.25, 0.3) is 0 Å². The van der Waals surface area contributed by atoms with E-state index in [1.807, 2.05) is 6.92 Å². The van der Waals surface area contributed by atoms with Crippen molar-refractivity contribution in [3.63, 3.8) is 0 Å². The summed E-state index contributed by atoms with van der Waals surface area (Å²) in [7, 11) is 0. The number of benzene rings is 2. The van der Waals surface area contributed by atoms with Crippen LogP contribution in [0.4, 0.5) is 13.2 Å². The fraction of sp³-hybridized carbons (Fsp3) is 0.250. The standard InChI is InChI=1S/C16H15F3IN/c1-2-21-16(13-5-3-12(18)9-15(13)20)8-10-7-11(17)4-6-14(10)19/h3-7,9,16,21H,2,8H2,1H3. The molecule has 0 bridgehead atoms. The Hall–Kier alpha value is -1.08. The third kappa shape index (κ3) is 4.20. The van der Waals surface area contributed by atoms with E-state index in [2.05, 4.69) is 27.9 Å². The lowest BCUT2D eigenvalue weighted by Crippen LogP contribution is -2.24. The molecule has 0 saturated heterocycles. The van der Waals surface area contributed by atoms with Crippen LogP contribution in [0.3, 0.4) is 0 Å². The van der Waals surface area contributed by atoms with Crippen molar-refractivity contribution in [3.05, 3.63) is 68.5 Å². The van der Waals surface area contributed by atoms with E-state index in [0.717, 1.165) is 21.3 Å². The third-order valence-corrected chi connectivity index (χ3v) is 4.15.